The van der Waals surface area contributed by atoms with Gasteiger partial charge < -0.3 is 10.1 Å². The van der Waals surface area contributed by atoms with E-state index in [1.54, 1.807) is 0 Å². The Morgan fingerprint density at radius 1 is 1.03 bits per heavy atom. The molecule has 1 heterocycles. The van der Waals surface area contributed by atoms with E-state index >= 15 is 0 Å². The molecule has 2 atom stereocenters. The zero-order valence-corrected chi connectivity index (χ0v) is 20.8. The van der Waals surface area contributed by atoms with Crippen LogP contribution < -0.4 is 10.6 Å². The van der Waals surface area contributed by atoms with Gasteiger partial charge in [-0.15, -0.1) is 12.4 Å². The van der Waals surface area contributed by atoms with E-state index in [1.807, 2.05) is 6.07 Å². The summed E-state index contributed by atoms with van der Waals surface area (Å²) >= 11 is 5.81. The van der Waals surface area contributed by atoms with Gasteiger partial charge in [0.2, 0.25) is 0 Å². The minimum absolute atomic E-state index is 0. The summed E-state index contributed by atoms with van der Waals surface area (Å²) in [5, 5.41) is 5.26. The van der Waals surface area contributed by atoms with Gasteiger partial charge in [0.25, 0.3) is 0 Å². The zero-order valence-electron chi connectivity index (χ0n) is 18.2. The van der Waals surface area contributed by atoms with E-state index in [4.69, 9.17) is 21.7 Å². The molecule has 1 aliphatic rings. The first-order valence-electron chi connectivity index (χ1n) is 10.2. The van der Waals surface area contributed by atoms with Crippen LogP contribution in [0.5, 0.6) is 0 Å². The van der Waals surface area contributed by atoms with E-state index in [0.29, 0.717) is 5.11 Å². The van der Waals surface area contributed by atoms with Crippen molar-refractivity contribution in [3.63, 3.8) is 0 Å². The molecule has 0 bridgehead atoms. The molecule has 0 spiro atoms. The molecule has 1 saturated heterocycles. The number of hydrogen-bond donors (Lipinski definition) is 1. The molecule has 2 aromatic carbocycles. The van der Waals surface area contributed by atoms with Crippen LogP contribution in [0, 0.1) is 0 Å². The second-order valence-electron chi connectivity index (χ2n) is 8.36. The molecule has 2 unspecified atom stereocenters. The maximum atomic E-state index is 5.81. The van der Waals surface area contributed by atoms with Crippen LogP contribution in [0.3, 0.4) is 0 Å². The number of nitrogens with zero attached hydrogens (tertiary/aromatic N) is 2. The van der Waals surface area contributed by atoms with Gasteiger partial charge in [-0.25, -0.2) is 4.74 Å². The van der Waals surface area contributed by atoms with Crippen molar-refractivity contribution in [3.05, 3.63) is 66.2 Å². The lowest BCUT2D eigenvalue weighted by Crippen LogP contribution is -2.43. The molecule has 7 heteroatoms. The van der Waals surface area contributed by atoms with E-state index in [2.05, 4.69) is 92.3 Å². The monoisotopic (exact) mass is 465 g/mol. The van der Waals surface area contributed by atoms with Crippen molar-refractivity contribution in [2.45, 2.75) is 38.9 Å². The van der Waals surface area contributed by atoms with E-state index in [1.165, 1.54) is 10.9 Å². The Morgan fingerprint density at radius 2 is 1.57 bits per heavy atom. The molecule has 0 aromatic heterocycles. The smallest absolute Gasteiger partial charge is 0.193 e. The summed E-state index contributed by atoms with van der Waals surface area (Å²) in [5.41, 5.74) is 1.20. The Labute approximate surface area is 192 Å². The minimum atomic E-state index is -2.14. The van der Waals surface area contributed by atoms with Crippen molar-refractivity contribution in [1.82, 2.24) is 9.99 Å². The molecule has 0 amide bonds. The first-order valence-corrected chi connectivity index (χ1v) is 12.3. The molecule has 0 radical (unpaired) electrons. The summed E-state index contributed by atoms with van der Waals surface area (Å²) in [6, 6.07) is 21.2. The Kier molecular flexibility index (Phi) is 9.08. The first-order chi connectivity index (χ1) is 13.8. The largest absolute Gasteiger partial charge is 0.379 e. The number of ether oxygens (including phenoxy) is 1. The lowest BCUT2D eigenvalue weighted by atomic mass is 10.1. The number of morpholine rings is 1. The normalized spacial score (nSPS) is 17.9. The minimum Gasteiger partial charge on any atom is -0.379 e. The number of benzene rings is 2. The summed E-state index contributed by atoms with van der Waals surface area (Å²) < 4.78 is 13.5. The average Bonchev–Trinajstić information content (AvgIpc) is 2.73. The lowest BCUT2D eigenvalue weighted by molar-refractivity contribution is 0.0738. The van der Waals surface area contributed by atoms with Gasteiger partial charge in [-0.1, -0.05) is 81.4 Å². The summed E-state index contributed by atoms with van der Waals surface area (Å²) in [5.74, 6) is 0. The van der Waals surface area contributed by atoms with Crippen LogP contribution in [-0.2, 0) is 4.74 Å². The van der Waals surface area contributed by atoms with Gasteiger partial charge in [-0.2, -0.15) is 0 Å². The van der Waals surface area contributed by atoms with Gasteiger partial charge in [0.1, 0.15) is 0 Å². The first kappa shape index (κ1) is 25.0. The second kappa shape index (κ2) is 10.9. The Hall–Kier alpha value is -1.23. The van der Waals surface area contributed by atoms with Crippen molar-refractivity contribution in [2.24, 2.45) is 4.74 Å². The molecule has 0 aliphatic carbocycles. The van der Waals surface area contributed by atoms with Crippen molar-refractivity contribution >= 4 is 42.2 Å². The Bertz CT molecular complexity index is 865. The molecule has 3 rings (SSSR count). The third kappa shape index (κ3) is 5.52. The van der Waals surface area contributed by atoms with Crippen LogP contribution in [0.25, 0.3) is 0 Å². The number of hydrogen-bond acceptors (Lipinski definition) is 2. The molecule has 2 aromatic rings. The van der Waals surface area contributed by atoms with Crippen LogP contribution in [-0.4, -0.2) is 41.2 Å². The van der Waals surface area contributed by atoms with Crippen LogP contribution in [0.15, 0.2) is 65.4 Å². The summed E-state index contributed by atoms with van der Waals surface area (Å²) in [7, 11) is -2.14. The highest BCUT2D eigenvalue weighted by molar-refractivity contribution is 7.81. The van der Waals surface area contributed by atoms with Gasteiger partial charge in [-0.3, -0.25) is 4.67 Å². The fraction of sp³-hybridized carbons (Fsp3) is 0.435. The maximum Gasteiger partial charge on any atom is 0.193 e. The highest BCUT2D eigenvalue weighted by Gasteiger charge is 2.42. The van der Waals surface area contributed by atoms with Gasteiger partial charge in [0.15, 0.2) is 5.11 Å². The predicted octanol–water partition coefficient (Wildman–Crippen LogP) is 5.62. The van der Waals surface area contributed by atoms with Gasteiger partial charge in [0, 0.05) is 23.6 Å². The molecular weight excluding hydrogens is 433 g/mol. The fourth-order valence-corrected chi connectivity index (χ4v) is 8.57. The van der Waals surface area contributed by atoms with E-state index < -0.39 is 7.21 Å². The number of halogens is 1. The lowest BCUT2D eigenvalue weighted by Gasteiger charge is -2.46. The number of nitrogens with one attached hydrogen (secondary N) is 1. The summed E-state index contributed by atoms with van der Waals surface area (Å²) in [6.45, 7) is 12.2. The third-order valence-electron chi connectivity index (χ3n) is 5.32. The van der Waals surface area contributed by atoms with Crippen LogP contribution in [0.2, 0.25) is 0 Å². The molecular formula is C23H33ClN3OPS. The molecule has 164 valence electrons. The highest BCUT2D eigenvalue weighted by atomic mass is 35.5. The van der Waals surface area contributed by atoms with Gasteiger partial charge >= 0.3 is 0 Å². The van der Waals surface area contributed by atoms with Gasteiger partial charge in [-0.05, 0) is 24.7 Å². The van der Waals surface area contributed by atoms with Crippen molar-refractivity contribution in [1.29, 1.82) is 0 Å². The Balaban J connectivity index is 0.00000320. The summed E-state index contributed by atoms with van der Waals surface area (Å²) in [6.07, 6.45) is 0. The Morgan fingerprint density at radius 3 is 2.10 bits per heavy atom. The van der Waals surface area contributed by atoms with Crippen molar-refractivity contribution < 1.29 is 4.74 Å². The third-order valence-corrected chi connectivity index (χ3v) is 10.3. The average molecular weight is 466 g/mol. The van der Waals surface area contributed by atoms with Crippen LogP contribution in [0.1, 0.15) is 39.3 Å². The predicted molar refractivity (Wildman–Crippen MR) is 135 cm³/mol. The van der Waals surface area contributed by atoms with E-state index in [0.717, 1.165) is 26.3 Å². The van der Waals surface area contributed by atoms with Gasteiger partial charge in [0.05, 0.1) is 26.5 Å². The standard InChI is InChI=1S/C23H32N3OPS.ClH/c1-19(20-11-7-5-8-12-20)24-22(29)25-28(23(2,3)4,21-13-9-6-10-14-21)26-15-17-27-18-16-26;/h5-14,19H,15-18H2,1-4H3,(H,24,29);1H. The fourth-order valence-electron chi connectivity index (χ4n) is 3.90. The topological polar surface area (TPSA) is 36.9 Å². The second-order valence-corrected chi connectivity index (χ2v) is 12.6. The molecule has 1 N–H and O–H groups in total. The molecule has 1 aliphatic heterocycles. The quantitative estimate of drug-likeness (QED) is 0.470. The zero-order chi connectivity index (χ0) is 20.9. The van der Waals surface area contributed by atoms with Crippen LogP contribution >= 0.6 is 31.8 Å². The molecule has 30 heavy (non-hydrogen) atoms. The van der Waals surface area contributed by atoms with E-state index in [9.17, 15) is 0 Å². The number of rotatable bonds is 4. The molecule has 0 saturated carbocycles. The summed E-state index contributed by atoms with van der Waals surface area (Å²) in [4.78, 5) is 0. The van der Waals surface area contributed by atoms with Crippen LogP contribution in [0.4, 0.5) is 0 Å². The van der Waals surface area contributed by atoms with Crippen molar-refractivity contribution in [3.8, 4) is 0 Å². The maximum absolute atomic E-state index is 5.81. The molecule has 1 fully saturated rings. The number of thiocarbonyl (C=S) groups is 1. The van der Waals surface area contributed by atoms with Crippen molar-refractivity contribution in [2.75, 3.05) is 26.3 Å². The SMILES string of the molecule is CC(NC(=S)N=P(c1ccccc1)(N1CCOCC1)C(C)(C)C)c1ccccc1.Cl. The molecule has 4 nitrogen and oxygen atoms in total. The van der Waals surface area contributed by atoms with E-state index in [-0.39, 0.29) is 23.6 Å². The highest BCUT2D eigenvalue weighted by Crippen LogP contribution is 2.62.